The molecule has 1 N–H and O–H groups in total. The van der Waals surface area contributed by atoms with Crippen LogP contribution in [0.2, 0.25) is 0 Å². The number of hydrogen-bond acceptors (Lipinski definition) is 1. The monoisotopic (exact) mass is 217 g/mol. The Balaban J connectivity index is 2.44. The van der Waals surface area contributed by atoms with Gasteiger partial charge >= 0.3 is 0 Å². The standard InChI is InChI=1S/C16H11N/c17-14-9-7-12-5-4-10-2-1-3-11-6-8-13(14)16(12)15(10)11/h1-8,17H,9H2. The lowest BCUT2D eigenvalue weighted by Gasteiger charge is -2.15. The van der Waals surface area contributed by atoms with Gasteiger partial charge in [0.25, 0.3) is 0 Å². The van der Waals surface area contributed by atoms with Crippen LogP contribution in [0.4, 0.5) is 0 Å². The average Bonchev–Trinajstić information content (AvgIpc) is 2.38. The SMILES string of the molecule is N=C1CC=c2ccc3cccc4ccc1c2c43. The molecule has 3 aromatic rings. The summed E-state index contributed by atoms with van der Waals surface area (Å²) in [6.45, 7) is 0. The molecule has 0 unspecified atom stereocenters. The third-order valence-corrected chi connectivity index (χ3v) is 3.66. The van der Waals surface area contributed by atoms with Gasteiger partial charge in [-0.3, -0.25) is 0 Å². The maximum atomic E-state index is 8.06. The molecule has 0 spiro atoms. The fourth-order valence-corrected chi connectivity index (χ4v) is 2.85. The molecule has 0 saturated carbocycles. The number of benzene rings is 3. The molecule has 1 aliphatic rings. The van der Waals surface area contributed by atoms with Crippen molar-refractivity contribution >= 4 is 33.3 Å². The van der Waals surface area contributed by atoms with Crippen LogP contribution in [-0.2, 0) is 0 Å². The molecular weight excluding hydrogens is 206 g/mol. The van der Waals surface area contributed by atoms with Crippen molar-refractivity contribution in [1.29, 1.82) is 5.41 Å². The van der Waals surface area contributed by atoms with Gasteiger partial charge in [-0.2, -0.15) is 0 Å². The molecule has 80 valence electrons. The maximum Gasteiger partial charge on any atom is 0.0430 e. The summed E-state index contributed by atoms with van der Waals surface area (Å²) in [5.74, 6) is 0. The van der Waals surface area contributed by atoms with Gasteiger partial charge < -0.3 is 5.41 Å². The van der Waals surface area contributed by atoms with Gasteiger partial charge in [0.15, 0.2) is 0 Å². The van der Waals surface area contributed by atoms with Gasteiger partial charge in [-0.05, 0) is 26.8 Å². The molecule has 4 rings (SSSR count). The molecule has 0 saturated heterocycles. The molecule has 0 bridgehead atoms. The van der Waals surface area contributed by atoms with Crippen LogP contribution >= 0.6 is 0 Å². The van der Waals surface area contributed by atoms with E-state index < -0.39 is 0 Å². The molecule has 0 amide bonds. The molecule has 0 radical (unpaired) electrons. The van der Waals surface area contributed by atoms with Crippen molar-refractivity contribution in [3.05, 3.63) is 53.2 Å². The number of nitrogens with one attached hydrogen (secondary N) is 1. The molecule has 0 aliphatic heterocycles. The predicted molar refractivity (Wildman–Crippen MR) is 72.6 cm³/mol. The highest BCUT2D eigenvalue weighted by Crippen LogP contribution is 2.29. The molecule has 1 heteroatoms. The normalized spacial score (nSPS) is 14.2. The topological polar surface area (TPSA) is 23.9 Å². The fourth-order valence-electron chi connectivity index (χ4n) is 2.85. The summed E-state index contributed by atoms with van der Waals surface area (Å²) in [7, 11) is 0. The van der Waals surface area contributed by atoms with Gasteiger partial charge in [0.1, 0.15) is 0 Å². The lowest BCUT2D eigenvalue weighted by Crippen LogP contribution is -2.14. The molecular formula is C16H11N. The van der Waals surface area contributed by atoms with E-state index in [-0.39, 0.29) is 0 Å². The zero-order valence-corrected chi connectivity index (χ0v) is 9.33. The second-order valence-corrected chi connectivity index (χ2v) is 4.61. The Bertz CT molecular complexity index is 812. The van der Waals surface area contributed by atoms with E-state index in [0.29, 0.717) is 0 Å². The lowest BCUT2D eigenvalue weighted by atomic mass is 9.89. The second-order valence-electron chi connectivity index (χ2n) is 4.61. The van der Waals surface area contributed by atoms with Crippen molar-refractivity contribution in [2.24, 2.45) is 0 Å². The minimum atomic E-state index is 0.732. The van der Waals surface area contributed by atoms with E-state index in [1.807, 2.05) is 0 Å². The highest BCUT2D eigenvalue weighted by atomic mass is 14.4. The number of hydrogen-bond donors (Lipinski definition) is 1. The first kappa shape index (κ1) is 8.94. The first-order valence-corrected chi connectivity index (χ1v) is 5.87. The summed E-state index contributed by atoms with van der Waals surface area (Å²) < 4.78 is 0. The van der Waals surface area contributed by atoms with Crippen LogP contribution in [0.25, 0.3) is 27.6 Å². The molecule has 0 atom stereocenters. The van der Waals surface area contributed by atoms with Crippen molar-refractivity contribution in [2.75, 3.05) is 0 Å². The zero-order valence-electron chi connectivity index (χ0n) is 9.33. The van der Waals surface area contributed by atoms with Gasteiger partial charge in [0.2, 0.25) is 0 Å². The van der Waals surface area contributed by atoms with E-state index in [1.165, 1.54) is 26.8 Å². The molecule has 0 heterocycles. The summed E-state index contributed by atoms with van der Waals surface area (Å²) in [4.78, 5) is 0. The van der Waals surface area contributed by atoms with Crippen molar-refractivity contribution in [3.8, 4) is 0 Å². The smallest absolute Gasteiger partial charge is 0.0430 e. The summed E-state index contributed by atoms with van der Waals surface area (Å²) in [6, 6.07) is 15.0. The van der Waals surface area contributed by atoms with E-state index >= 15 is 0 Å². The summed E-state index contributed by atoms with van der Waals surface area (Å²) >= 11 is 0. The number of rotatable bonds is 0. The minimum absolute atomic E-state index is 0.732. The van der Waals surface area contributed by atoms with E-state index in [2.05, 4.69) is 48.5 Å². The Hall–Kier alpha value is -2.15. The summed E-state index contributed by atoms with van der Waals surface area (Å²) in [5, 5.41) is 14.4. The molecule has 0 fully saturated rings. The lowest BCUT2D eigenvalue weighted by molar-refractivity contribution is 1.38. The van der Waals surface area contributed by atoms with Crippen molar-refractivity contribution in [3.63, 3.8) is 0 Å². The quantitative estimate of drug-likeness (QED) is 0.597. The van der Waals surface area contributed by atoms with Crippen LogP contribution < -0.4 is 5.22 Å². The van der Waals surface area contributed by atoms with Crippen LogP contribution in [0.15, 0.2) is 42.5 Å². The third kappa shape index (κ3) is 1.06. The van der Waals surface area contributed by atoms with Crippen LogP contribution in [0.1, 0.15) is 12.0 Å². The molecule has 1 nitrogen and oxygen atoms in total. The minimum Gasteiger partial charge on any atom is -0.304 e. The predicted octanol–water partition coefficient (Wildman–Crippen LogP) is 3.26. The van der Waals surface area contributed by atoms with Crippen LogP contribution in [0, 0.1) is 5.41 Å². The van der Waals surface area contributed by atoms with Crippen LogP contribution in [0.5, 0.6) is 0 Å². The van der Waals surface area contributed by atoms with E-state index in [1.54, 1.807) is 0 Å². The van der Waals surface area contributed by atoms with Gasteiger partial charge in [0.05, 0.1) is 0 Å². The summed E-state index contributed by atoms with van der Waals surface area (Å²) in [5.41, 5.74) is 1.84. The first-order chi connectivity index (χ1) is 8.34. The molecule has 3 aromatic carbocycles. The van der Waals surface area contributed by atoms with Crippen molar-refractivity contribution < 1.29 is 0 Å². The Labute approximate surface area is 98.9 Å². The van der Waals surface area contributed by atoms with Crippen LogP contribution in [-0.4, -0.2) is 5.71 Å². The Kier molecular flexibility index (Phi) is 1.55. The second kappa shape index (κ2) is 2.95. The summed E-state index contributed by atoms with van der Waals surface area (Å²) in [6.07, 6.45) is 2.91. The van der Waals surface area contributed by atoms with E-state index in [4.69, 9.17) is 5.41 Å². The van der Waals surface area contributed by atoms with Gasteiger partial charge in [0, 0.05) is 17.7 Å². The average molecular weight is 217 g/mol. The van der Waals surface area contributed by atoms with Crippen molar-refractivity contribution in [2.45, 2.75) is 6.42 Å². The largest absolute Gasteiger partial charge is 0.304 e. The van der Waals surface area contributed by atoms with Crippen molar-refractivity contribution in [1.82, 2.24) is 0 Å². The zero-order chi connectivity index (χ0) is 11.4. The molecule has 1 aliphatic carbocycles. The highest BCUT2D eigenvalue weighted by molar-refractivity contribution is 6.21. The Morgan fingerprint density at radius 2 is 1.59 bits per heavy atom. The van der Waals surface area contributed by atoms with Gasteiger partial charge in [-0.15, -0.1) is 0 Å². The molecule has 17 heavy (non-hydrogen) atoms. The fraction of sp³-hybridized carbons (Fsp3) is 0.0625. The third-order valence-electron chi connectivity index (χ3n) is 3.66. The van der Waals surface area contributed by atoms with E-state index in [9.17, 15) is 0 Å². The molecule has 0 aromatic heterocycles. The Morgan fingerprint density at radius 1 is 0.824 bits per heavy atom. The highest BCUT2D eigenvalue weighted by Gasteiger charge is 2.13. The van der Waals surface area contributed by atoms with Gasteiger partial charge in [-0.1, -0.05) is 48.5 Å². The van der Waals surface area contributed by atoms with Gasteiger partial charge in [-0.25, -0.2) is 0 Å². The first-order valence-electron chi connectivity index (χ1n) is 5.87. The Morgan fingerprint density at radius 3 is 2.41 bits per heavy atom. The van der Waals surface area contributed by atoms with Crippen LogP contribution in [0.3, 0.4) is 0 Å². The maximum absolute atomic E-state index is 8.06. The van der Waals surface area contributed by atoms with E-state index in [0.717, 1.165) is 17.7 Å².